The van der Waals surface area contributed by atoms with E-state index in [-0.39, 0.29) is 29.5 Å². The molecule has 3 fully saturated rings. The molecule has 1 N–H and O–H groups in total. The molecule has 152 valence electrons. The van der Waals surface area contributed by atoms with E-state index < -0.39 is 0 Å². The van der Waals surface area contributed by atoms with E-state index in [0.717, 1.165) is 71.5 Å². The Morgan fingerprint density at radius 2 is 2.12 bits per heavy atom. The van der Waals surface area contributed by atoms with E-state index in [0.29, 0.717) is 5.92 Å². The van der Waals surface area contributed by atoms with Gasteiger partial charge in [0.2, 0.25) is 0 Å². The predicted molar refractivity (Wildman–Crippen MR) is 120 cm³/mol. The Balaban J connectivity index is 0.00000243. The minimum absolute atomic E-state index is 0. The molecule has 2 atom stereocenters. The van der Waals surface area contributed by atoms with Gasteiger partial charge in [0.05, 0.1) is 31.9 Å². The lowest BCUT2D eigenvalue weighted by molar-refractivity contribution is -0.0105. The molecule has 6 nitrogen and oxygen atoms in total. The van der Waals surface area contributed by atoms with Crippen molar-refractivity contribution in [3.63, 3.8) is 0 Å². The lowest BCUT2D eigenvalue weighted by Crippen LogP contribution is -2.56. The van der Waals surface area contributed by atoms with E-state index in [1.807, 2.05) is 0 Å². The number of nitrogens with zero attached hydrogens (tertiary/aromatic N) is 3. The lowest BCUT2D eigenvalue weighted by Gasteiger charge is -2.42. The number of aliphatic imine (C=N–C) groups is 1. The summed E-state index contributed by atoms with van der Waals surface area (Å²) < 4.78 is 11.1. The molecule has 0 aromatic rings. The van der Waals surface area contributed by atoms with Crippen molar-refractivity contribution in [3.8, 4) is 0 Å². The van der Waals surface area contributed by atoms with Gasteiger partial charge in [-0.2, -0.15) is 11.8 Å². The number of hydrogen-bond acceptors (Lipinski definition) is 5. The van der Waals surface area contributed by atoms with Crippen molar-refractivity contribution in [2.75, 3.05) is 77.7 Å². The number of guanidine groups is 1. The van der Waals surface area contributed by atoms with Crippen LogP contribution in [0.15, 0.2) is 4.99 Å². The first-order valence-electron chi connectivity index (χ1n) is 9.71. The molecule has 0 bridgehead atoms. The topological polar surface area (TPSA) is 49.3 Å². The Labute approximate surface area is 179 Å². The van der Waals surface area contributed by atoms with Gasteiger partial charge in [-0.05, 0) is 25.5 Å². The molecule has 3 saturated heterocycles. The molecular formula is C18H35IN4O2S. The second-order valence-corrected chi connectivity index (χ2v) is 8.51. The highest BCUT2D eigenvalue weighted by molar-refractivity contribution is 14.0. The van der Waals surface area contributed by atoms with E-state index in [2.05, 4.69) is 40.8 Å². The zero-order valence-electron chi connectivity index (χ0n) is 16.2. The molecule has 3 heterocycles. The highest BCUT2D eigenvalue weighted by Crippen LogP contribution is 2.34. The Hall–Kier alpha value is 0.230. The number of morpholine rings is 1. The van der Waals surface area contributed by atoms with Gasteiger partial charge in [0.1, 0.15) is 0 Å². The SMILES string of the molecule is CCNC(=NCC1(N2CCOCC2)CCSC1)N(C)CC1CCOC1.I. The van der Waals surface area contributed by atoms with Crippen LogP contribution in [0.4, 0.5) is 0 Å². The average molecular weight is 498 g/mol. The van der Waals surface area contributed by atoms with Gasteiger partial charge in [-0.25, -0.2) is 0 Å². The Morgan fingerprint density at radius 3 is 2.73 bits per heavy atom. The van der Waals surface area contributed by atoms with Crippen LogP contribution in [0.3, 0.4) is 0 Å². The maximum absolute atomic E-state index is 5.56. The average Bonchev–Trinajstić information content (AvgIpc) is 3.32. The highest BCUT2D eigenvalue weighted by atomic mass is 127. The molecule has 0 aromatic heterocycles. The van der Waals surface area contributed by atoms with Gasteiger partial charge in [0.25, 0.3) is 0 Å². The zero-order valence-corrected chi connectivity index (χ0v) is 19.4. The van der Waals surface area contributed by atoms with Crippen LogP contribution in [0, 0.1) is 5.92 Å². The van der Waals surface area contributed by atoms with Gasteiger partial charge in [-0.1, -0.05) is 0 Å². The molecule has 3 aliphatic heterocycles. The normalized spacial score (nSPS) is 30.2. The Morgan fingerprint density at radius 1 is 1.31 bits per heavy atom. The summed E-state index contributed by atoms with van der Waals surface area (Å²) in [5, 5.41) is 3.49. The number of rotatable bonds is 6. The first kappa shape index (κ1) is 22.5. The summed E-state index contributed by atoms with van der Waals surface area (Å²) in [6.07, 6.45) is 2.40. The lowest BCUT2D eigenvalue weighted by atomic mass is 9.96. The molecule has 3 aliphatic rings. The van der Waals surface area contributed by atoms with Gasteiger partial charge in [-0.3, -0.25) is 9.89 Å². The first-order chi connectivity index (χ1) is 12.2. The quantitative estimate of drug-likeness (QED) is 0.342. The van der Waals surface area contributed by atoms with E-state index in [4.69, 9.17) is 14.5 Å². The fraction of sp³-hybridized carbons (Fsp3) is 0.944. The van der Waals surface area contributed by atoms with Crippen LogP contribution in [-0.4, -0.2) is 99.0 Å². The van der Waals surface area contributed by atoms with Gasteiger partial charge in [-0.15, -0.1) is 24.0 Å². The van der Waals surface area contributed by atoms with Gasteiger partial charge in [0, 0.05) is 51.5 Å². The van der Waals surface area contributed by atoms with Crippen LogP contribution >= 0.6 is 35.7 Å². The molecule has 0 aliphatic carbocycles. The van der Waals surface area contributed by atoms with Crippen molar-refractivity contribution in [1.82, 2.24) is 15.1 Å². The van der Waals surface area contributed by atoms with Crippen LogP contribution in [0.2, 0.25) is 0 Å². The number of ether oxygens (including phenoxy) is 2. The molecular weight excluding hydrogens is 463 g/mol. The summed E-state index contributed by atoms with van der Waals surface area (Å²) in [6.45, 7) is 10.6. The van der Waals surface area contributed by atoms with Crippen LogP contribution in [0.25, 0.3) is 0 Å². The van der Waals surface area contributed by atoms with Crippen molar-refractivity contribution in [3.05, 3.63) is 0 Å². The van der Waals surface area contributed by atoms with Crippen LogP contribution in [-0.2, 0) is 9.47 Å². The van der Waals surface area contributed by atoms with Gasteiger partial charge in [0.15, 0.2) is 5.96 Å². The summed E-state index contributed by atoms with van der Waals surface area (Å²) in [7, 11) is 2.16. The van der Waals surface area contributed by atoms with Crippen LogP contribution < -0.4 is 5.32 Å². The summed E-state index contributed by atoms with van der Waals surface area (Å²) >= 11 is 2.07. The van der Waals surface area contributed by atoms with E-state index in [1.54, 1.807) is 0 Å². The van der Waals surface area contributed by atoms with Crippen molar-refractivity contribution < 1.29 is 9.47 Å². The largest absolute Gasteiger partial charge is 0.381 e. The molecule has 0 spiro atoms. The predicted octanol–water partition coefficient (Wildman–Crippen LogP) is 1.75. The standard InChI is InChI=1S/C18H34N4O2S.HI/c1-3-19-17(21(2)12-16-4-8-24-13-16)20-14-18(5-11-25-15-18)22-6-9-23-10-7-22;/h16H,3-15H2,1-2H3,(H,19,20);1H. The van der Waals surface area contributed by atoms with Gasteiger partial charge >= 0.3 is 0 Å². The zero-order chi connectivity index (χ0) is 17.5. The van der Waals surface area contributed by atoms with E-state index >= 15 is 0 Å². The molecule has 8 heteroatoms. The van der Waals surface area contributed by atoms with Crippen molar-refractivity contribution >= 4 is 41.7 Å². The summed E-state index contributed by atoms with van der Waals surface area (Å²) in [5.74, 6) is 4.11. The third-order valence-electron chi connectivity index (χ3n) is 5.54. The Bertz CT molecular complexity index is 437. The maximum Gasteiger partial charge on any atom is 0.193 e. The monoisotopic (exact) mass is 498 g/mol. The third kappa shape index (κ3) is 5.86. The first-order valence-corrected chi connectivity index (χ1v) is 10.9. The molecule has 3 rings (SSSR count). The summed E-state index contributed by atoms with van der Waals surface area (Å²) in [4.78, 5) is 10.0. The molecule has 2 unspecified atom stereocenters. The van der Waals surface area contributed by atoms with Crippen LogP contribution in [0.1, 0.15) is 19.8 Å². The molecule has 0 saturated carbocycles. The molecule has 0 radical (unpaired) electrons. The maximum atomic E-state index is 5.56. The van der Waals surface area contributed by atoms with Gasteiger partial charge < -0.3 is 19.7 Å². The second-order valence-electron chi connectivity index (χ2n) is 7.41. The molecule has 0 aromatic carbocycles. The Kier molecular flexibility index (Phi) is 9.77. The number of hydrogen-bond donors (Lipinski definition) is 1. The number of halogens is 1. The summed E-state index contributed by atoms with van der Waals surface area (Å²) in [6, 6.07) is 0. The fourth-order valence-corrected chi connectivity index (χ4v) is 5.47. The summed E-state index contributed by atoms with van der Waals surface area (Å²) in [5.41, 5.74) is 0.215. The van der Waals surface area contributed by atoms with E-state index in [9.17, 15) is 0 Å². The van der Waals surface area contributed by atoms with Crippen LogP contribution in [0.5, 0.6) is 0 Å². The van der Waals surface area contributed by atoms with Crippen molar-refractivity contribution in [2.45, 2.75) is 25.3 Å². The molecule has 0 amide bonds. The van der Waals surface area contributed by atoms with E-state index in [1.165, 1.54) is 17.9 Å². The second kappa shape index (κ2) is 11.3. The minimum atomic E-state index is 0. The van der Waals surface area contributed by atoms with Crippen molar-refractivity contribution in [2.24, 2.45) is 10.9 Å². The van der Waals surface area contributed by atoms with Crippen molar-refractivity contribution in [1.29, 1.82) is 0 Å². The number of nitrogens with one attached hydrogen (secondary N) is 1. The minimum Gasteiger partial charge on any atom is -0.381 e. The smallest absolute Gasteiger partial charge is 0.193 e. The third-order valence-corrected chi connectivity index (χ3v) is 6.77. The highest BCUT2D eigenvalue weighted by Gasteiger charge is 2.40. The molecule has 26 heavy (non-hydrogen) atoms. The fourth-order valence-electron chi connectivity index (χ4n) is 4.00. The number of thioether (sulfide) groups is 1.